The smallest absolute Gasteiger partial charge is 0.192 e. The van der Waals surface area contributed by atoms with Crippen LogP contribution in [-0.4, -0.2) is 40.8 Å². The first-order valence-corrected chi connectivity index (χ1v) is 22.2. The molecule has 0 aromatic heterocycles. The first-order valence-electron chi connectivity index (χ1n) is 14.5. The van der Waals surface area contributed by atoms with E-state index >= 15 is 0 Å². The van der Waals surface area contributed by atoms with Crippen LogP contribution >= 0.6 is 7.14 Å². The molecule has 2 aromatic rings. The monoisotopic (exact) mass is 600 g/mol. The molecule has 0 bridgehead atoms. The molecule has 40 heavy (non-hydrogen) atoms. The van der Waals surface area contributed by atoms with Gasteiger partial charge in [-0.25, -0.2) is 0 Å². The molecule has 0 aliphatic heterocycles. The van der Waals surface area contributed by atoms with Gasteiger partial charge in [0.1, 0.15) is 12.9 Å². The molecule has 2 rings (SSSR count). The molecule has 0 spiro atoms. The number of carbonyl (C=O) groups is 1. The van der Waals surface area contributed by atoms with Gasteiger partial charge in [-0.1, -0.05) is 108 Å². The Labute approximate surface area is 246 Å². The molecule has 0 fully saturated rings. The number of rotatable bonds is 14. The quantitative estimate of drug-likeness (QED) is 0.124. The SMILES string of the molecule is C=C[C@H](C[C@@H](CC(=O)CCP(=O)(c1ccccc1)c1ccccc1)O[Si](C)(C)C(C)(C)C)O[Si](C)(C)C(C)(C)C. The molecule has 0 N–H and O–H groups in total. The summed E-state index contributed by atoms with van der Waals surface area (Å²) in [6.45, 7) is 26.3. The van der Waals surface area contributed by atoms with Crippen LogP contribution in [0.1, 0.15) is 60.8 Å². The van der Waals surface area contributed by atoms with E-state index in [1.165, 1.54) is 0 Å². The van der Waals surface area contributed by atoms with E-state index in [0.29, 0.717) is 12.6 Å². The molecule has 0 aliphatic carbocycles. The van der Waals surface area contributed by atoms with Crippen molar-refractivity contribution >= 4 is 40.2 Å². The maximum absolute atomic E-state index is 14.4. The van der Waals surface area contributed by atoms with Crippen molar-refractivity contribution in [2.24, 2.45) is 0 Å². The lowest BCUT2D eigenvalue weighted by Crippen LogP contribution is -2.47. The maximum atomic E-state index is 14.4. The van der Waals surface area contributed by atoms with Crippen molar-refractivity contribution in [3.05, 3.63) is 73.3 Å². The maximum Gasteiger partial charge on any atom is 0.192 e. The Hall–Kier alpha value is -1.57. The van der Waals surface area contributed by atoms with Crippen LogP contribution in [0.4, 0.5) is 0 Å². The first kappa shape index (κ1) is 34.6. The summed E-state index contributed by atoms with van der Waals surface area (Å²) in [5.41, 5.74) is 0. The first-order chi connectivity index (χ1) is 18.3. The number of ketones is 1. The number of Topliss-reactive ketones (excluding diaryl/α,β-unsaturated/α-hetero) is 1. The summed E-state index contributed by atoms with van der Waals surface area (Å²) in [5, 5.41) is 1.65. The Kier molecular flexibility index (Phi) is 11.8. The van der Waals surface area contributed by atoms with Gasteiger partial charge in [0.15, 0.2) is 16.6 Å². The van der Waals surface area contributed by atoms with Crippen molar-refractivity contribution in [3.63, 3.8) is 0 Å². The number of benzene rings is 2. The van der Waals surface area contributed by atoms with E-state index in [2.05, 4.69) is 74.3 Å². The topological polar surface area (TPSA) is 52.6 Å². The Morgan fingerprint density at radius 1 is 0.825 bits per heavy atom. The third-order valence-electron chi connectivity index (χ3n) is 8.79. The lowest BCUT2D eigenvalue weighted by Gasteiger charge is -2.42. The van der Waals surface area contributed by atoms with E-state index in [1.54, 1.807) is 0 Å². The summed E-state index contributed by atoms with van der Waals surface area (Å²) in [6, 6.07) is 19.1. The van der Waals surface area contributed by atoms with Gasteiger partial charge in [-0.05, 0) is 36.3 Å². The van der Waals surface area contributed by atoms with E-state index in [0.717, 1.165) is 10.6 Å². The van der Waals surface area contributed by atoms with Gasteiger partial charge < -0.3 is 13.4 Å². The fourth-order valence-electron chi connectivity index (χ4n) is 4.16. The normalized spacial score (nSPS) is 14.9. The Bertz CT molecular complexity index is 1100. The van der Waals surface area contributed by atoms with Gasteiger partial charge in [-0.3, -0.25) is 4.79 Å². The average Bonchev–Trinajstić information content (AvgIpc) is 2.86. The van der Waals surface area contributed by atoms with Crippen LogP contribution in [-0.2, 0) is 18.2 Å². The zero-order chi connectivity index (χ0) is 30.4. The second kappa shape index (κ2) is 13.6. The van der Waals surface area contributed by atoms with Crippen molar-refractivity contribution in [1.82, 2.24) is 0 Å². The lowest BCUT2D eigenvalue weighted by atomic mass is 10.1. The minimum atomic E-state index is -2.96. The zero-order valence-electron chi connectivity index (χ0n) is 26.6. The summed E-state index contributed by atoms with van der Waals surface area (Å²) in [6.07, 6.45) is 2.80. The lowest BCUT2D eigenvalue weighted by molar-refractivity contribution is -0.120. The van der Waals surface area contributed by atoms with Gasteiger partial charge in [0, 0.05) is 36.0 Å². The fraction of sp³-hybridized carbons (Fsp3) is 0.545. The summed E-state index contributed by atoms with van der Waals surface area (Å²) in [4.78, 5) is 13.6. The molecule has 0 unspecified atom stereocenters. The standard InChI is InChI=1S/C33H53O4PSi2/c1-12-28(36-39(8,9)32(2,3)4)26-29(37-40(10,11)33(5,6)7)25-27(34)23-24-38(35,30-19-15-13-16-20-30)31-21-17-14-18-22-31/h12-22,28-29H,1,23-26H2,2-11H3/t28-,29-/m1/s1. The number of carbonyl (C=O) groups excluding carboxylic acids is 1. The predicted molar refractivity (Wildman–Crippen MR) is 178 cm³/mol. The summed E-state index contributed by atoms with van der Waals surface area (Å²) < 4.78 is 28.0. The molecule has 0 saturated heterocycles. The van der Waals surface area contributed by atoms with Crippen LogP contribution in [0.25, 0.3) is 0 Å². The van der Waals surface area contributed by atoms with Crippen LogP contribution < -0.4 is 10.6 Å². The predicted octanol–water partition coefficient (Wildman–Crippen LogP) is 8.71. The van der Waals surface area contributed by atoms with Crippen molar-refractivity contribution in [2.75, 3.05) is 6.16 Å². The molecular weight excluding hydrogens is 548 g/mol. The molecule has 222 valence electrons. The number of hydrogen-bond acceptors (Lipinski definition) is 4. The Morgan fingerprint density at radius 3 is 1.65 bits per heavy atom. The second-order valence-corrected chi connectivity index (χ2v) is 26.5. The molecule has 0 amide bonds. The molecule has 0 radical (unpaired) electrons. The Balaban J connectivity index is 2.28. The van der Waals surface area contributed by atoms with Crippen LogP contribution in [0, 0.1) is 0 Å². The van der Waals surface area contributed by atoms with Gasteiger partial charge in [-0.15, -0.1) is 6.58 Å². The van der Waals surface area contributed by atoms with Gasteiger partial charge in [0.2, 0.25) is 0 Å². The van der Waals surface area contributed by atoms with E-state index in [9.17, 15) is 9.36 Å². The summed E-state index contributed by atoms with van der Waals surface area (Å²) in [5.74, 6) is 0.0749. The minimum Gasteiger partial charge on any atom is -0.413 e. The highest BCUT2D eigenvalue weighted by Crippen LogP contribution is 2.44. The van der Waals surface area contributed by atoms with Crippen LogP contribution in [0.15, 0.2) is 73.3 Å². The third-order valence-corrected chi connectivity index (χ3v) is 20.9. The van der Waals surface area contributed by atoms with Gasteiger partial charge in [0.25, 0.3) is 0 Å². The van der Waals surface area contributed by atoms with E-state index in [1.807, 2.05) is 66.7 Å². The number of hydrogen-bond donors (Lipinski definition) is 0. The van der Waals surface area contributed by atoms with E-state index in [4.69, 9.17) is 8.85 Å². The average molecular weight is 601 g/mol. The van der Waals surface area contributed by atoms with Crippen molar-refractivity contribution in [3.8, 4) is 0 Å². The van der Waals surface area contributed by atoms with Crippen molar-refractivity contribution in [2.45, 2.75) is 109 Å². The molecule has 4 nitrogen and oxygen atoms in total. The van der Waals surface area contributed by atoms with E-state index in [-0.39, 0.29) is 40.9 Å². The second-order valence-electron chi connectivity index (χ2n) is 14.0. The molecule has 7 heteroatoms. The summed E-state index contributed by atoms with van der Waals surface area (Å²) >= 11 is 0. The summed E-state index contributed by atoms with van der Waals surface area (Å²) in [7, 11) is -7.16. The van der Waals surface area contributed by atoms with Crippen LogP contribution in [0.3, 0.4) is 0 Å². The van der Waals surface area contributed by atoms with Gasteiger partial charge in [0.05, 0.1) is 12.2 Å². The van der Waals surface area contributed by atoms with Crippen LogP contribution in [0.2, 0.25) is 36.3 Å². The Morgan fingerprint density at radius 2 is 1.25 bits per heavy atom. The molecule has 0 saturated carbocycles. The van der Waals surface area contributed by atoms with Gasteiger partial charge >= 0.3 is 0 Å². The molecule has 2 aromatic carbocycles. The highest BCUT2D eigenvalue weighted by Gasteiger charge is 2.42. The highest BCUT2D eigenvalue weighted by atomic mass is 31.2. The molecule has 0 heterocycles. The fourth-order valence-corrected chi connectivity index (χ4v) is 9.51. The molecule has 0 aliphatic rings. The zero-order valence-corrected chi connectivity index (χ0v) is 29.5. The highest BCUT2D eigenvalue weighted by molar-refractivity contribution is 7.78. The van der Waals surface area contributed by atoms with Crippen molar-refractivity contribution in [1.29, 1.82) is 0 Å². The largest absolute Gasteiger partial charge is 0.413 e. The molecule has 2 atom stereocenters. The van der Waals surface area contributed by atoms with Crippen molar-refractivity contribution < 1.29 is 18.2 Å². The van der Waals surface area contributed by atoms with Gasteiger partial charge in [-0.2, -0.15) is 0 Å². The third kappa shape index (κ3) is 9.22. The molecular formula is C33H53O4PSi2. The minimum absolute atomic E-state index is 0.00851. The van der Waals surface area contributed by atoms with Crippen LogP contribution in [0.5, 0.6) is 0 Å². The van der Waals surface area contributed by atoms with E-state index < -0.39 is 23.8 Å².